The van der Waals surface area contributed by atoms with Gasteiger partial charge < -0.3 is 5.32 Å². The third-order valence-corrected chi connectivity index (χ3v) is 3.90. The summed E-state index contributed by atoms with van der Waals surface area (Å²) in [6.45, 7) is 3.97. The van der Waals surface area contributed by atoms with Crippen molar-refractivity contribution in [2.24, 2.45) is 0 Å². The molecule has 1 saturated carbocycles. The van der Waals surface area contributed by atoms with Crippen molar-refractivity contribution in [2.45, 2.75) is 37.6 Å². The van der Waals surface area contributed by atoms with Gasteiger partial charge in [0.2, 0.25) is 0 Å². The molecule has 0 unspecified atom stereocenters. The van der Waals surface area contributed by atoms with Crippen LogP contribution in [0.5, 0.6) is 0 Å². The molecule has 1 aliphatic carbocycles. The zero-order chi connectivity index (χ0) is 12.5. The highest BCUT2D eigenvalue weighted by atomic mass is 35.5. The zero-order valence-electron chi connectivity index (χ0n) is 9.80. The van der Waals surface area contributed by atoms with Crippen LogP contribution < -0.4 is 5.32 Å². The number of nitrogens with one attached hydrogen (secondary N) is 1. The molecule has 1 spiro atoms. The van der Waals surface area contributed by atoms with Crippen LogP contribution in [0.1, 0.15) is 32.1 Å². The van der Waals surface area contributed by atoms with Gasteiger partial charge in [0.25, 0.3) is 5.91 Å². The lowest BCUT2D eigenvalue weighted by molar-refractivity contribution is -0.132. The number of carbonyl (C=O) groups excluding carboxylic acids is 2. The largest absolute Gasteiger partial charge is 0.325 e. The Morgan fingerprint density at radius 3 is 2.59 bits per heavy atom. The number of rotatable bonds is 3. The van der Waals surface area contributed by atoms with Crippen LogP contribution in [-0.4, -0.2) is 34.8 Å². The van der Waals surface area contributed by atoms with Crippen molar-refractivity contribution in [2.75, 3.05) is 12.4 Å². The van der Waals surface area contributed by atoms with Crippen LogP contribution in [0.25, 0.3) is 0 Å². The summed E-state index contributed by atoms with van der Waals surface area (Å²) < 4.78 is 0. The number of halogens is 1. The van der Waals surface area contributed by atoms with Gasteiger partial charge in [0.1, 0.15) is 5.54 Å². The Morgan fingerprint density at radius 1 is 1.35 bits per heavy atom. The van der Waals surface area contributed by atoms with Crippen LogP contribution in [-0.2, 0) is 4.79 Å². The molecule has 0 bridgehead atoms. The van der Waals surface area contributed by atoms with Gasteiger partial charge >= 0.3 is 6.03 Å². The summed E-state index contributed by atoms with van der Waals surface area (Å²) in [6, 6.07) is -0.303. The minimum atomic E-state index is -0.637. The van der Waals surface area contributed by atoms with Crippen molar-refractivity contribution in [3.8, 4) is 0 Å². The summed E-state index contributed by atoms with van der Waals surface area (Å²) in [5.74, 6) is 0.165. The fraction of sp³-hybridized carbons (Fsp3) is 0.667. The minimum Gasteiger partial charge on any atom is -0.323 e. The highest BCUT2D eigenvalue weighted by molar-refractivity contribution is 6.19. The molecule has 0 atom stereocenters. The molecular weight excluding hydrogens is 240 g/mol. The molecule has 0 aromatic carbocycles. The van der Waals surface area contributed by atoms with E-state index in [1.165, 1.54) is 4.90 Å². The van der Waals surface area contributed by atoms with Crippen molar-refractivity contribution in [1.29, 1.82) is 0 Å². The molecule has 1 saturated heterocycles. The van der Waals surface area contributed by atoms with E-state index in [0.29, 0.717) is 5.57 Å². The number of urea groups is 1. The van der Waals surface area contributed by atoms with Crippen LogP contribution in [0.3, 0.4) is 0 Å². The lowest BCUT2D eigenvalue weighted by atomic mass is 9.82. The maximum Gasteiger partial charge on any atom is 0.325 e. The second-order valence-electron chi connectivity index (χ2n) is 4.85. The van der Waals surface area contributed by atoms with Gasteiger partial charge in [-0.15, -0.1) is 11.6 Å². The van der Waals surface area contributed by atoms with E-state index in [9.17, 15) is 9.59 Å². The predicted molar refractivity (Wildman–Crippen MR) is 65.9 cm³/mol. The normalized spacial score (nSPS) is 23.0. The maximum absolute atomic E-state index is 12.3. The van der Waals surface area contributed by atoms with E-state index in [1.54, 1.807) is 0 Å². The summed E-state index contributed by atoms with van der Waals surface area (Å²) in [5, 5.41) is 2.85. The van der Waals surface area contributed by atoms with Crippen molar-refractivity contribution in [1.82, 2.24) is 10.2 Å². The lowest BCUT2D eigenvalue weighted by Crippen LogP contribution is -2.48. The van der Waals surface area contributed by atoms with Gasteiger partial charge in [0.05, 0.1) is 6.54 Å². The first-order valence-electron chi connectivity index (χ1n) is 5.96. The zero-order valence-corrected chi connectivity index (χ0v) is 10.6. The van der Waals surface area contributed by atoms with Gasteiger partial charge in [-0.25, -0.2) is 4.79 Å². The van der Waals surface area contributed by atoms with E-state index in [0.717, 1.165) is 32.1 Å². The molecule has 3 amide bonds. The summed E-state index contributed by atoms with van der Waals surface area (Å²) in [6.07, 6.45) is 4.63. The van der Waals surface area contributed by atoms with E-state index in [-0.39, 0.29) is 24.4 Å². The van der Waals surface area contributed by atoms with Crippen LogP contribution in [0, 0.1) is 0 Å². The Labute approximate surface area is 106 Å². The molecule has 1 N–H and O–H groups in total. The topological polar surface area (TPSA) is 49.4 Å². The van der Waals surface area contributed by atoms with Crippen molar-refractivity contribution in [3.05, 3.63) is 12.2 Å². The average Bonchev–Trinajstić information content (AvgIpc) is 2.55. The minimum absolute atomic E-state index is 0.103. The van der Waals surface area contributed by atoms with Gasteiger partial charge in [-0.05, 0) is 18.4 Å². The standard InChI is InChI=1S/C12H17ClN2O2/c1-9(7-13)8-15-10(16)12(14-11(15)17)5-3-2-4-6-12/h1-8H2,(H,14,17). The molecule has 1 heterocycles. The highest BCUT2D eigenvalue weighted by Gasteiger charge is 2.51. The molecule has 1 aliphatic heterocycles. The molecule has 2 rings (SSSR count). The Kier molecular flexibility index (Phi) is 3.43. The first kappa shape index (κ1) is 12.4. The summed E-state index contributed by atoms with van der Waals surface area (Å²) in [4.78, 5) is 25.4. The number of imide groups is 1. The fourth-order valence-electron chi connectivity index (χ4n) is 2.58. The average molecular weight is 257 g/mol. The monoisotopic (exact) mass is 256 g/mol. The summed E-state index contributed by atoms with van der Waals surface area (Å²) in [7, 11) is 0. The van der Waals surface area contributed by atoms with Gasteiger partial charge in [0, 0.05) is 5.88 Å². The van der Waals surface area contributed by atoms with Gasteiger partial charge in [-0.2, -0.15) is 0 Å². The molecule has 2 aliphatic rings. The second kappa shape index (κ2) is 4.69. The van der Waals surface area contributed by atoms with Crippen LogP contribution in [0.4, 0.5) is 4.79 Å². The molecule has 0 aromatic rings. The molecular formula is C12H17ClN2O2. The van der Waals surface area contributed by atoms with Crippen molar-refractivity contribution < 1.29 is 9.59 Å². The first-order valence-corrected chi connectivity index (χ1v) is 6.49. The van der Waals surface area contributed by atoms with Crippen molar-refractivity contribution in [3.63, 3.8) is 0 Å². The van der Waals surface area contributed by atoms with Crippen LogP contribution in [0.2, 0.25) is 0 Å². The predicted octanol–water partition coefficient (Wildman–Crippen LogP) is 2.04. The number of alkyl halides is 1. The quantitative estimate of drug-likeness (QED) is 0.477. The molecule has 94 valence electrons. The van der Waals surface area contributed by atoms with E-state index in [1.807, 2.05) is 0 Å². The van der Waals surface area contributed by atoms with E-state index in [2.05, 4.69) is 11.9 Å². The van der Waals surface area contributed by atoms with Gasteiger partial charge in [-0.1, -0.05) is 25.8 Å². The molecule has 17 heavy (non-hydrogen) atoms. The third kappa shape index (κ3) is 2.18. The molecule has 0 aromatic heterocycles. The number of amides is 3. The Hall–Kier alpha value is -1.03. The molecule has 0 radical (unpaired) electrons. The number of nitrogens with zero attached hydrogens (tertiary/aromatic N) is 1. The van der Waals surface area contributed by atoms with Crippen LogP contribution >= 0.6 is 11.6 Å². The summed E-state index contributed by atoms with van der Waals surface area (Å²) >= 11 is 5.63. The number of carbonyl (C=O) groups is 2. The fourth-order valence-corrected chi connectivity index (χ4v) is 2.66. The Bertz CT molecular complexity index is 362. The first-order chi connectivity index (χ1) is 8.09. The van der Waals surface area contributed by atoms with Crippen LogP contribution in [0.15, 0.2) is 12.2 Å². The second-order valence-corrected chi connectivity index (χ2v) is 5.12. The van der Waals surface area contributed by atoms with Crippen molar-refractivity contribution >= 4 is 23.5 Å². The van der Waals surface area contributed by atoms with E-state index < -0.39 is 5.54 Å². The van der Waals surface area contributed by atoms with E-state index in [4.69, 9.17) is 11.6 Å². The Morgan fingerprint density at radius 2 is 2.00 bits per heavy atom. The Balaban J connectivity index is 2.13. The molecule has 4 nitrogen and oxygen atoms in total. The number of hydrogen-bond donors (Lipinski definition) is 1. The summed E-state index contributed by atoms with van der Waals surface area (Å²) in [5.41, 5.74) is 0.0464. The van der Waals surface area contributed by atoms with Gasteiger partial charge in [0.15, 0.2) is 0 Å². The molecule has 2 fully saturated rings. The lowest BCUT2D eigenvalue weighted by Gasteiger charge is -2.30. The third-order valence-electron chi connectivity index (χ3n) is 3.52. The molecule has 5 heteroatoms. The number of hydrogen-bond acceptors (Lipinski definition) is 2. The smallest absolute Gasteiger partial charge is 0.323 e. The SMILES string of the molecule is C=C(CCl)CN1C(=O)NC2(CCCCC2)C1=O. The maximum atomic E-state index is 12.3. The van der Waals surface area contributed by atoms with E-state index >= 15 is 0 Å². The highest BCUT2D eigenvalue weighted by Crippen LogP contribution is 2.33. The van der Waals surface area contributed by atoms with Gasteiger partial charge in [-0.3, -0.25) is 9.69 Å².